The zero-order valence-corrected chi connectivity index (χ0v) is 12.1. The first kappa shape index (κ1) is 14.3. The molecule has 1 aromatic carbocycles. The van der Waals surface area contributed by atoms with Crippen molar-refractivity contribution in [3.05, 3.63) is 52.7 Å². The molecule has 0 aliphatic carbocycles. The Bertz CT molecular complexity index is 644. The van der Waals surface area contributed by atoms with Crippen LogP contribution in [0.4, 0.5) is 11.5 Å². The fourth-order valence-electron chi connectivity index (χ4n) is 2.05. The fourth-order valence-corrected chi connectivity index (χ4v) is 2.24. The first-order chi connectivity index (χ1) is 9.54. The van der Waals surface area contributed by atoms with Gasteiger partial charge in [-0.1, -0.05) is 29.8 Å². The summed E-state index contributed by atoms with van der Waals surface area (Å²) in [6.07, 6.45) is 0. The van der Waals surface area contributed by atoms with Gasteiger partial charge in [0, 0.05) is 12.2 Å². The van der Waals surface area contributed by atoms with Crippen molar-refractivity contribution in [2.24, 2.45) is 0 Å². The van der Waals surface area contributed by atoms with Crippen molar-refractivity contribution in [2.45, 2.75) is 13.8 Å². The molecule has 0 saturated heterocycles. The number of carboxylic acid groups (broad SMARTS) is 1. The number of rotatable bonds is 4. The quantitative estimate of drug-likeness (QED) is 0.928. The highest BCUT2D eigenvalue weighted by molar-refractivity contribution is 6.33. The van der Waals surface area contributed by atoms with Gasteiger partial charge in [0.05, 0.1) is 5.02 Å². The number of pyridine rings is 1. The standard InChI is InChI=1S/C15H15ClN2O2/c1-3-18(12-7-5-4-6-10(12)2)13-9-8-11(16)14(17-13)15(19)20/h4-9H,3H2,1-2H3,(H,19,20). The fraction of sp³-hybridized carbons (Fsp3) is 0.200. The summed E-state index contributed by atoms with van der Waals surface area (Å²) in [6.45, 7) is 4.67. The van der Waals surface area contributed by atoms with Gasteiger partial charge in [-0.2, -0.15) is 0 Å². The Morgan fingerprint density at radius 2 is 2.00 bits per heavy atom. The molecule has 0 aliphatic heterocycles. The molecule has 104 valence electrons. The molecule has 0 spiro atoms. The summed E-state index contributed by atoms with van der Waals surface area (Å²) in [5, 5.41) is 9.25. The number of para-hydroxylation sites is 1. The van der Waals surface area contributed by atoms with Gasteiger partial charge in [-0.15, -0.1) is 0 Å². The molecule has 2 rings (SSSR count). The van der Waals surface area contributed by atoms with Gasteiger partial charge in [0.2, 0.25) is 0 Å². The summed E-state index contributed by atoms with van der Waals surface area (Å²) in [6, 6.07) is 11.2. The third-order valence-corrected chi connectivity index (χ3v) is 3.34. The van der Waals surface area contributed by atoms with Crippen LogP contribution in [0.5, 0.6) is 0 Å². The van der Waals surface area contributed by atoms with Crippen molar-refractivity contribution in [2.75, 3.05) is 11.4 Å². The average Bonchev–Trinajstić information content (AvgIpc) is 2.43. The normalized spacial score (nSPS) is 10.3. The van der Waals surface area contributed by atoms with Crippen LogP contribution in [0.2, 0.25) is 5.02 Å². The van der Waals surface area contributed by atoms with E-state index in [4.69, 9.17) is 16.7 Å². The van der Waals surface area contributed by atoms with Crippen LogP contribution in [-0.4, -0.2) is 22.6 Å². The molecular formula is C15H15ClN2O2. The molecule has 1 N–H and O–H groups in total. The third-order valence-electron chi connectivity index (χ3n) is 3.03. The van der Waals surface area contributed by atoms with Crippen molar-refractivity contribution in [1.82, 2.24) is 4.98 Å². The number of anilines is 2. The largest absolute Gasteiger partial charge is 0.476 e. The summed E-state index contributed by atoms with van der Waals surface area (Å²) in [5.41, 5.74) is 1.97. The molecule has 0 saturated carbocycles. The SMILES string of the molecule is CCN(c1ccc(Cl)c(C(=O)O)n1)c1ccccc1C. The van der Waals surface area contributed by atoms with Gasteiger partial charge >= 0.3 is 5.97 Å². The van der Waals surface area contributed by atoms with Crippen LogP contribution in [0.1, 0.15) is 23.0 Å². The van der Waals surface area contributed by atoms with E-state index in [9.17, 15) is 4.79 Å². The number of aromatic carboxylic acids is 1. The van der Waals surface area contributed by atoms with Crippen molar-refractivity contribution < 1.29 is 9.90 Å². The van der Waals surface area contributed by atoms with Crippen molar-refractivity contribution >= 4 is 29.1 Å². The second kappa shape index (κ2) is 5.92. The summed E-state index contributed by atoms with van der Waals surface area (Å²) in [5.74, 6) is -0.554. The molecule has 1 heterocycles. The van der Waals surface area contributed by atoms with Crippen LogP contribution in [-0.2, 0) is 0 Å². The molecule has 0 amide bonds. The number of aryl methyl sites for hydroxylation is 1. The van der Waals surface area contributed by atoms with Crippen molar-refractivity contribution in [3.8, 4) is 0 Å². The lowest BCUT2D eigenvalue weighted by Gasteiger charge is -2.24. The number of halogens is 1. The predicted molar refractivity (Wildman–Crippen MR) is 80.1 cm³/mol. The zero-order chi connectivity index (χ0) is 14.7. The van der Waals surface area contributed by atoms with Gasteiger partial charge in [0.25, 0.3) is 0 Å². The molecule has 5 heteroatoms. The molecule has 4 nitrogen and oxygen atoms in total. The Morgan fingerprint density at radius 3 is 2.60 bits per heavy atom. The molecule has 0 unspecified atom stereocenters. The lowest BCUT2D eigenvalue weighted by Crippen LogP contribution is -2.19. The average molecular weight is 291 g/mol. The molecule has 0 bridgehead atoms. The highest BCUT2D eigenvalue weighted by Gasteiger charge is 2.16. The van der Waals surface area contributed by atoms with E-state index >= 15 is 0 Å². The highest BCUT2D eigenvalue weighted by atomic mass is 35.5. The van der Waals surface area contributed by atoms with Crippen molar-refractivity contribution in [1.29, 1.82) is 0 Å². The van der Waals surface area contributed by atoms with Crippen LogP contribution < -0.4 is 4.90 Å². The predicted octanol–water partition coefficient (Wildman–Crippen LogP) is 3.90. The summed E-state index contributed by atoms with van der Waals surface area (Å²) >= 11 is 5.85. The topological polar surface area (TPSA) is 53.4 Å². The minimum atomic E-state index is -1.13. The smallest absolute Gasteiger partial charge is 0.356 e. The van der Waals surface area contributed by atoms with E-state index in [1.807, 2.05) is 43.0 Å². The number of hydrogen-bond donors (Lipinski definition) is 1. The van der Waals surface area contributed by atoms with E-state index < -0.39 is 5.97 Å². The van der Waals surface area contributed by atoms with Crippen molar-refractivity contribution in [3.63, 3.8) is 0 Å². The maximum Gasteiger partial charge on any atom is 0.356 e. The second-order valence-electron chi connectivity index (χ2n) is 4.34. The Balaban J connectivity index is 2.50. The van der Waals surface area contributed by atoms with Gasteiger partial charge in [0.1, 0.15) is 5.82 Å². The molecular weight excluding hydrogens is 276 g/mol. The number of hydrogen-bond acceptors (Lipinski definition) is 3. The van der Waals surface area contributed by atoms with E-state index in [2.05, 4.69) is 4.98 Å². The van der Waals surface area contributed by atoms with Gasteiger partial charge in [0.15, 0.2) is 5.69 Å². The Labute approximate surface area is 122 Å². The van der Waals surface area contributed by atoms with Crippen LogP contribution in [0.3, 0.4) is 0 Å². The molecule has 0 fully saturated rings. The summed E-state index contributed by atoms with van der Waals surface area (Å²) in [4.78, 5) is 17.2. The third kappa shape index (κ3) is 2.75. The molecule has 0 atom stereocenters. The van der Waals surface area contributed by atoms with E-state index in [0.29, 0.717) is 12.4 Å². The number of carboxylic acids is 1. The molecule has 20 heavy (non-hydrogen) atoms. The van der Waals surface area contributed by atoms with Gasteiger partial charge in [-0.3, -0.25) is 0 Å². The Morgan fingerprint density at radius 1 is 1.30 bits per heavy atom. The lowest BCUT2D eigenvalue weighted by atomic mass is 10.2. The monoisotopic (exact) mass is 290 g/mol. The Kier molecular flexibility index (Phi) is 4.25. The second-order valence-corrected chi connectivity index (χ2v) is 4.74. The van der Waals surface area contributed by atoms with Crippen LogP contribution in [0.25, 0.3) is 0 Å². The lowest BCUT2D eigenvalue weighted by molar-refractivity contribution is 0.0691. The molecule has 2 aromatic rings. The van der Waals surface area contributed by atoms with Gasteiger partial charge in [-0.05, 0) is 37.6 Å². The van der Waals surface area contributed by atoms with Crippen LogP contribution >= 0.6 is 11.6 Å². The van der Waals surface area contributed by atoms with E-state index in [-0.39, 0.29) is 10.7 Å². The molecule has 0 radical (unpaired) electrons. The van der Waals surface area contributed by atoms with E-state index in [0.717, 1.165) is 11.3 Å². The summed E-state index contributed by atoms with van der Waals surface area (Å²) in [7, 11) is 0. The highest BCUT2D eigenvalue weighted by Crippen LogP contribution is 2.28. The van der Waals surface area contributed by atoms with E-state index in [1.54, 1.807) is 12.1 Å². The first-order valence-electron chi connectivity index (χ1n) is 6.27. The first-order valence-corrected chi connectivity index (χ1v) is 6.65. The van der Waals surface area contributed by atoms with E-state index in [1.165, 1.54) is 0 Å². The minimum absolute atomic E-state index is 0.129. The molecule has 0 aliphatic rings. The molecule has 1 aromatic heterocycles. The van der Waals surface area contributed by atoms with Gasteiger partial charge in [-0.25, -0.2) is 9.78 Å². The Hall–Kier alpha value is -2.07. The van der Waals surface area contributed by atoms with Crippen LogP contribution in [0.15, 0.2) is 36.4 Å². The number of aromatic nitrogens is 1. The maximum atomic E-state index is 11.1. The number of benzene rings is 1. The number of nitrogens with zero attached hydrogens (tertiary/aromatic N) is 2. The minimum Gasteiger partial charge on any atom is -0.476 e. The van der Waals surface area contributed by atoms with Crippen LogP contribution in [0, 0.1) is 6.92 Å². The maximum absolute atomic E-state index is 11.1. The number of carbonyl (C=O) groups is 1. The zero-order valence-electron chi connectivity index (χ0n) is 11.3. The van der Waals surface area contributed by atoms with Gasteiger partial charge < -0.3 is 10.0 Å². The summed E-state index contributed by atoms with van der Waals surface area (Å²) < 4.78 is 0.